The summed E-state index contributed by atoms with van der Waals surface area (Å²) in [6, 6.07) is 5.72. The monoisotopic (exact) mass is 427 g/mol. The molecule has 0 radical (unpaired) electrons. The standard InChI is InChI=1S/C22H25N3O4S/c1-13-4-5-15(10-14(13)2)20(28)24-7-6-16-17(11-24)30-22-19(16)21(29)23(3)12-18(27)25(22)8-9-26/h4-5,10,26H,6-9,11-12H2,1-3H3. The number of thiophene rings is 1. The first kappa shape index (κ1) is 20.6. The molecule has 30 heavy (non-hydrogen) atoms. The number of hydrogen-bond donors (Lipinski definition) is 1. The predicted octanol–water partition coefficient (Wildman–Crippen LogP) is 1.97. The summed E-state index contributed by atoms with van der Waals surface area (Å²) in [6.45, 7) is 4.91. The molecule has 0 atom stereocenters. The minimum atomic E-state index is -0.208. The lowest BCUT2D eigenvalue weighted by molar-refractivity contribution is -0.119. The number of hydrogen-bond acceptors (Lipinski definition) is 5. The summed E-state index contributed by atoms with van der Waals surface area (Å²) in [7, 11) is 1.62. The molecule has 4 rings (SSSR count). The van der Waals surface area contributed by atoms with Gasteiger partial charge in [-0.3, -0.25) is 19.3 Å². The van der Waals surface area contributed by atoms with Crippen molar-refractivity contribution in [2.45, 2.75) is 26.8 Å². The number of carbonyl (C=O) groups is 3. The van der Waals surface area contributed by atoms with Crippen LogP contribution < -0.4 is 4.90 Å². The fourth-order valence-corrected chi connectivity index (χ4v) is 5.42. The summed E-state index contributed by atoms with van der Waals surface area (Å²) in [6.07, 6.45) is 0.568. The van der Waals surface area contributed by atoms with E-state index in [9.17, 15) is 19.5 Å². The van der Waals surface area contributed by atoms with Crippen LogP contribution in [0.5, 0.6) is 0 Å². The lowest BCUT2D eigenvalue weighted by Gasteiger charge is -2.28. The van der Waals surface area contributed by atoms with Gasteiger partial charge in [-0.15, -0.1) is 11.3 Å². The van der Waals surface area contributed by atoms with E-state index >= 15 is 0 Å². The number of aliphatic hydroxyl groups is 1. The number of aliphatic hydroxyl groups excluding tert-OH is 1. The van der Waals surface area contributed by atoms with Crippen molar-refractivity contribution in [3.05, 3.63) is 50.9 Å². The number of benzene rings is 1. The molecule has 0 bridgehead atoms. The van der Waals surface area contributed by atoms with E-state index in [-0.39, 0.29) is 37.4 Å². The first-order valence-corrected chi connectivity index (χ1v) is 10.8. The molecular weight excluding hydrogens is 402 g/mol. The molecule has 2 aliphatic heterocycles. The van der Waals surface area contributed by atoms with Crippen LogP contribution in [0.1, 0.15) is 42.3 Å². The molecule has 0 saturated carbocycles. The zero-order chi connectivity index (χ0) is 21.6. The summed E-state index contributed by atoms with van der Waals surface area (Å²) in [5.74, 6) is -0.412. The number of amides is 3. The molecule has 0 saturated heterocycles. The van der Waals surface area contributed by atoms with E-state index in [0.717, 1.165) is 21.6 Å². The average molecular weight is 428 g/mol. The highest BCUT2D eigenvalue weighted by molar-refractivity contribution is 7.17. The smallest absolute Gasteiger partial charge is 0.257 e. The summed E-state index contributed by atoms with van der Waals surface area (Å²) >= 11 is 1.38. The van der Waals surface area contributed by atoms with Crippen LogP contribution in [-0.2, 0) is 17.8 Å². The molecule has 0 unspecified atom stereocenters. The van der Waals surface area contributed by atoms with Crippen LogP contribution in [0, 0.1) is 13.8 Å². The number of anilines is 1. The van der Waals surface area contributed by atoms with E-state index in [1.54, 1.807) is 11.9 Å². The Hall–Kier alpha value is -2.71. The fraction of sp³-hybridized carbons (Fsp3) is 0.409. The molecule has 158 valence electrons. The lowest BCUT2D eigenvalue weighted by atomic mass is 10.0. The second-order valence-corrected chi connectivity index (χ2v) is 8.97. The Balaban J connectivity index is 1.68. The first-order valence-electron chi connectivity index (χ1n) is 9.99. The first-order chi connectivity index (χ1) is 14.3. The Labute approximate surface area is 179 Å². The van der Waals surface area contributed by atoms with E-state index in [4.69, 9.17) is 0 Å². The number of likely N-dealkylation sites (N-methyl/N-ethyl adjacent to an activating group) is 1. The van der Waals surface area contributed by atoms with Crippen molar-refractivity contribution < 1.29 is 19.5 Å². The average Bonchev–Trinajstić information content (AvgIpc) is 3.07. The van der Waals surface area contributed by atoms with Crippen molar-refractivity contribution in [2.75, 3.05) is 38.2 Å². The maximum Gasteiger partial charge on any atom is 0.257 e. The third-order valence-corrected chi connectivity index (χ3v) is 7.12. The zero-order valence-electron chi connectivity index (χ0n) is 17.4. The van der Waals surface area contributed by atoms with Gasteiger partial charge in [0.2, 0.25) is 5.91 Å². The zero-order valence-corrected chi connectivity index (χ0v) is 18.2. The van der Waals surface area contributed by atoms with Gasteiger partial charge in [-0.05, 0) is 49.1 Å². The Morgan fingerprint density at radius 1 is 1.17 bits per heavy atom. The minimum absolute atomic E-state index is 0.00755. The molecule has 1 N–H and O–H groups in total. The fourth-order valence-electron chi connectivity index (χ4n) is 4.02. The van der Waals surface area contributed by atoms with Crippen molar-refractivity contribution in [1.29, 1.82) is 0 Å². The van der Waals surface area contributed by atoms with Gasteiger partial charge in [-0.1, -0.05) is 6.07 Å². The largest absolute Gasteiger partial charge is 0.395 e. The van der Waals surface area contributed by atoms with Crippen molar-refractivity contribution in [1.82, 2.24) is 9.80 Å². The maximum atomic E-state index is 13.1. The van der Waals surface area contributed by atoms with Crippen LogP contribution in [0.2, 0.25) is 0 Å². The normalized spacial score (nSPS) is 16.5. The third kappa shape index (κ3) is 3.40. The summed E-state index contributed by atoms with van der Waals surface area (Å²) < 4.78 is 0. The number of β-amino-alcohol motifs (C(OH)–C–C–N with tert-alkyl or cyclic N) is 1. The molecule has 2 aromatic rings. The second-order valence-electron chi connectivity index (χ2n) is 7.89. The summed E-state index contributed by atoms with van der Waals surface area (Å²) in [5, 5.41) is 10.0. The molecule has 1 aromatic carbocycles. The van der Waals surface area contributed by atoms with Crippen molar-refractivity contribution in [3.63, 3.8) is 0 Å². The van der Waals surface area contributed by atoms with Gasteiger partial charge in [0.1, 0.15) is 11.5 Å². The number of carbonyl (C=O) groups excluding carboxylic acids is 3. The lowest BCUT2D eigenvalue weighted by Crippen LogP contribution is -2.39. The van der Waals surface area contributed by atoms with Gasteiger partial charge in [0.25, 0.3) is 11.8 Å². The quantitative estimate of drug-likeness (QED) is 0.812. The van der Waals surface area contributed by atoms with Gasteiger partial charge in [0, 0.05) is 30.6 Å². The predicted molar refractivity (Wildman–Crippen MR) is 115 cm³/mol. The van der Waals surface area contributed by atoms with Crippen LogP contribution >= 0.6 is 11.3 Å². The van der Waals surface area contributed by atoms with E-state index in [1.807, 2.05) is 32.0 Å². The number of aryl methyl sites for hydroxylation is 2. The Morgan fingerprint density at radius 2 is 1.93 bits per heavy atom. The Morgan fingerprint density at radius 3 is 2.63 bits per heavy atom. The van der Waals surface area contributed by atoms with Crippen molar-refractivity contribution >= 4 is 34.1 Å². The SMILES string of the molecule is Cc1ccc(C(=O)N2CCc3c(sc4c3C(=O)N(C)CC(=O)N4CCO)C2)cc1C. The van der Waals surface area contributed by atoms with Crippen LogP contribution in [-0.4, -0.2) is 65.9 Å². The minimum Gasteiger partial charge on any atom is -0.395 e. The van der Waals surface area contributed by atoms with Gasteiger partial charge in [-0.25, -0.2) is 0 Å². The van der Waals surface area contributed by atoms with E-state index in [0.29, 0.717) is 35.6 Å². The van der Waals surface area contributed by atoms with Crippen LogP contribution in [0.25, 0.3) is 0 Å². The Kier molecular flexibility index (Phi) is 5.38. The molecule has 2 aliphatic rings. The highest BCUT2D eigenvalue weighted by Crippen LogP contribution is 2.41. The summed E-state index contributed by atoms with van der Waals surface area (Å²) in [4.78, 5) is 44.3. The molecule has 0 fully saturated rings. The molecule has 8 heteroatoms. The highest BCUT2D eigenvalue weighted by Gasteiger charge is 2.37. The van der Waals surface area contributed by atoms with E-state index < -0.39 is 0 Å². The summed E-state index contributed by atoms with van der Waals surface area (Å²) in [5.41, 5.74) is 4.36. The van der Waals surface area contributed by atoms with Gasteiger partial charge >= 0.3 is 0 Å². The molecule has 3 amide bonds. The van der Waals surface area contributed by atoms with E-state index in [1.165, 1.54) is 21.1 Å². The van der Waals surface area contributed by atoms with Crippen molar-refractivity contribution in [2.24, 2.45) is 0 Å². The van der Waals surface area contributed by atoms with Gasteiger partial charge in [-0.2, -0.15) is 0 Å². The van der Waals surface area contributed by atoms with Crippen LogP contribution in [0.3, 0.4) is 0 Å². The molecule has 0 aliphatic carbocycles. The van der Waals surface area contributed by atoms with Gasteiger partial charge in [0.05, 0.1) is 18.7 Å². The number of fused-ring (bicyclic) bond motifs is 3. The molecule has 1 aromatic heterocycles. The molecule has 7 nitrogen and oxygen atoms in total. The third-order valence-electron chi connectivity index (χ3n) is 5.88. The molecule has 3 heterocycles. The molecule has 0 spiro atoms. The van der Waals surface area contributed by atoms with Crippen molar-refractivity contribution in [3.8, 4) is 0 Å². The maximum absolute atomic E-state index is 13.1. The number of rotatable bonds is 3. The van der Waals surface area contributed by atoms with Crippen LogP contribution in [0.4, 0.5) is 5.00 Å². The Bertz CT molecular complexity index is 1050. The van der Waals surface area contributed by atoms with Gasteiger partial charge in [0.15, 0.2) is 0 Å². The van der Waals surface area contributed by atoms with Crippen LogP contribution in [0.15, 0.2) is 18.2 Å². The van der Waals surface area contributed by atoms with Gasteiger partial charge < -0.3 is 14.9 Å². The molecular formula is C22H25N3O4S. The topological polar surface area (TPSA) is 81.2 Å². The second kappa shape index (κ2) is 7.85. The highest BCUT2D eigenvalue weighted by atomic mass is 32.1. The number of nitrogens with zero attached hydrogens (tertiary/aromatic N) is 3. The van der Waals surface area contributed by atoms with E-state index in [2.05, 4.69) is 0 Å².